The van der Waals surface area contributed by atoms with Crippen molar-refractivity contribution < 1.29 is 44.3 Å². The van der Waals surface area contributed by atoms with Crippen molar-refractivity contribution in [1.82, 2.24) is 10.6 Å². The third-order valence-electron chi connectivity index (χ3n) is 6.49. The van der Waals surface area contributed by atoms with E-state index in [9.17, 15) is 34.8 Å². The fraction of sp³-hybridized carbons (Fsp3) is 0.625. The lowest BCUT2D eigenvalue weighted by molar-refractivity contribution is -0.206. The van der Waals surface area contributed by atoms with E-state index in [1.165, 1.54) is 19.9 Å². The first-order valence-corrected chi connectivity index (χ1v) is 11.7. The van der Waals surface area contributed by atoms with Gasteiger partial charge in [0.25, 0.3) is 5.91 Å². The zero-order valence-electron chi connectivity index (χ0n) is 20.2. The molecule has 0 aromatic heterocycles. The van der Waals surface area contributed by atoms with E-state index >= 15 is 0 Å². The second-order valence-electron chi connectivity index (χ2n) is 9.87. The Bertz CT molecular complexity index is 964. The monoisotopic (exact) mass is 494 g/mol. The van der Waals surface area contributed by atoms with Crippen LogP contribution >= 0.6 is 0 Å². The van der Waals surface area contributed by atoms with Crippen molar-refractivity contribution in [2.75, 3.05) is 0 Å². The van der Waals surface area contributed by atoms with Crippen molar-refractivity contribution in [3.63, 3.8) is 0 Å². The van der Waals surface area contributed by atoms with E-state index in [4.69, 9.17) is 9.47 Å². The number of hydrogen-bond acceptors (Lipinski definition) is 10. The second kappa shape index (κ2) is 10.5. The van der Waals surface area contributed by atoms with E-state index in [0.717, 1.165) is 0 Å². The number of ether oxygens (including phenoxy) is 2. The van der Waals surface area contributed by atoms with E-state index in [1.54, 1.807) is 12.1 Å². The molecule has 2 aliphatic heterocycles. The van der Waals surface area contributed by atoms with Crippen molar-refractivity contribution in [3.8, 4) is 5.75 Å². The first-order chi connectivity index (χ1) is 16.3. The SMILES string of the molecule is CC(C)C[C@H](NC(=O)[C@@H](O)[C@@H](O)C1CC(=O)OC(C)(O)[C@H](C)N1)[C@@H]1Cc2cccc(O)c2C(=O)O1. The molecule has 2 aliphatic rings. The summed E-state index contributed by atoms with van der Waals surface area (Å²) in [6.45, 7) is 6.67. The third kappa shape index (κ3) is 6.10. The Kier molecular flexibility index (Phi) is 8.05. The minimum absolute atomic E-state index is 0.0881. The third-order valence-corrected chi connectivity index (χ3v) is 6.49. The minimum atomic E-state index is -1.92. The van der Waals surface area contributed by atoms with Crippen LogP contribution in [-0.2, 0) is 25.5 Å². The molecule has 1 saturated heterocycles. The summed E-state index contributed by atoms with van der Waals surface area (Å²) in [5.74, 6) is -4.32. The highest BCUT2D eigenvalue weighted by molar-refractivity contribution is 5.95. The summed E-state index contributed by atoms with van der Waals surface area (Å²) in [4.78, 5) is 37.5. The van der Waals surface area contributed by atoms with Gasteiger partial charge in [-0.2, -0.15) is 0 Å². The maximum absolute atomic E-state index is 12.9. The van der Waals surface area contributed by atoms with Crippen LogP contribution in [0.2, 0.25) is 0 Å². The average Bonchev–Trinajstić information content (AvgIpc) is 2.85. The topological polar surface area (TPSA) is 175 Å². The van der Waals surface area contributed by atoms with Gasteiger partial charge in [-0.05, 0) is 30.9 Å². The van der Waals surface area contributed by atoms with Gasteiger partial charge in [0, 0.05) is 19.4 Å². The van der Waals surface area contributed by atoms with E-state index in [-0.39, 0.29) is 30.1 Å². The van der Waals surface area contributed by atoms with Crippen LogP contribution in [0.3, 0.4) is 0 Å². The molecule has 35 heavy (non-hydrogen) atoms. The first-order valence-electron chi connectivity index (χ1n) is 11.7. The molecule has 0 saturated carbocycles. The van der Waals surface area contributed by atoms with Crippen LogP contribution in [0.4, 0.5) is 0 Å². The number of phenolic OH excluding ortho intramolecular Hbond substituents is 1. The largest absolute Gasteiger partial charge is 0.507 e. The number of carbonyl (C=O) groups excluding carboxylic acids is 3. The molecular formula is C24H34N2O9. The highest BCUT2D eigenvalue weighted by Crippen LogP contribution is 2.30. The van der Waals surface area contributed by atoms with Crippen molar-refractivity contribution in [1.29, 1.82) is 0 Å². The highest BCUT2D eigenvalue weighted by Gasteiger charge is 2.43. The van der Waals surface area contributed by atoms with Crippen LogP contribution in [0, 0.1) is 5.92 Å². The summed E-state index contributed by atoms with van der Waals surface area (Å²) in [6.07, 6.45) is -4.08. The van der Waals surface area contributed by atoms with Gasteiger partial charge in [-0.3, -0.25) is 9.59 Å². The van der Waals surface area contributed by atoms with Crippen LogP contribution in [0.5, 0.6) is 5.75 Å². The molecule has 0 radical (unpaired) electrons. The Morgan fingerprint density at radius 3 is 2.60 bits per heavy atom. The van der Waals surface area contributed by atoms with E-state index in [2.05, 4.69) is 10.6 Å². The summed E-state index contributed by atoms with van der Waals surface area (Å²) in [5, 5.41) is 47.0. The number of aromatic hydroxyl groups is 1. The molecule has 7 atom stereocenters. The minimum Gasteiger partial charge on any atom is -0.507 e. The van der Waals surface area contributed by atoms with E-state index < -0.39 is 60.1 Å². The van der Waals surface area contributed by atoms with E-state index in [0.29, 0.717) is 12.0 Å². The molecule has 194 valence electrons. The molecule has 11 heteroatoms. The molecule has 6 N–H and O–H groups in total. The molecule has 2 unspecified atom stereocenters. The maximum atomic E-state index is 12.9. The van der Waals surface area contributed by atoms with Crippen molar-refractivity contribution >= 4 is 17.8 Å². The second-order valence-corrected chi connectivity index (χ2v) is 9.87. The zero-order valence-corrected chi connectivity index (χ0v) is 20.2. The van der Waals surface area contributed by atoms with Gasteiger partial charge in [-0.15, -0.1) is 0 Å². The molecule has 0 aliphatic carbocycles. The number of benzene rings is 1. The quantitative estimate of drug-likeness (QED) is 0.277. The number of nitrogens with one attached hydrogen (secondary N) is 2. The molecule has 1 aromatic rings. The van der Waals surface area contributed by atoms with Crippen molar-refractivity contribution in [3.05, 3.63) is 29.3 Å². The predicted molar refractivity (Wildman–Crippen MR) is 122 cm³/mol. The zero-order chi connectivity index (χ0) is 26.1. The van der Waals surface area contributed by atoms with Gasteiger partial charge < -0.3 is 40.5 Å². The number of phenols is 1. The molecule has 3 rings (SSSR count). The molecular weight excluding hydrogens is 460 g/mol. The average molecular weight is 495 g/mol. The van der Waals surface area contributed by atoms with Crippen LogP contribution in [-0.4, -0.2) is 80.5 Å². The van der Waals surface area contributed by atoms with Gasteiger partial charge in [0.05, 0.1) is 18.5 Å². The number of esters is 2. The van der Waals surface area contributed by atoms with Gasteiger partial charge >= 0.3 is 11.9 Å². The maximum Gasteiger partial charge on any atom is 0.342 e. The lowest BCUT2D eigenvalue weighted by Crippen LogP contribution is -2.58. The molecule has 2 heterocycles. The Labute approximate surface area is 203 Å². The Morgan fingerprint density at radius 2 is 1.94 bits per heavy atom. The number of rotatable bonds is 7. The number of amides is 1. The molecule has 0 bridgehead atoms. The van der Waals surface area contributed by atoms with E-state index in [1.807, 2.05) is 13.8 Å². The lowest BCUT2D eigenvalue weighted by Gasteiger charge is -2.34. The number of aliphatic hydroxyl groups excluding tert-OH is 2. The molecule has 0 spiro atoms. The number of cyclic esters (lactones) is 2. The van der Waals surface area contributed by atoms with Crippen molar-refractivity contribution in [2.45, 2.75) is 89.2 Å². The van der Waals surface area contributed by atoms with Gasteiger partial charge in [0.1, 0.15) is 23.5 Å². The summed E-state index contributed by atoms with van der Waals surface area (Å²) in [6, 6.07) is 2.18. The van der Waals surface area contributed by atoms with Crippen LogP contribution in [0.25, 0.3) is 0 Å². The predicted octanol–water partition coefficient (Wildman–Crippen LogP) is -0.271. The smallest absolute Gasteiger partial charge is 0.342 e. The molecule has 1 aromatic carbocycles. The van der Waals surface area contributed by atoms with Crippen molar-refractivity contribution in [2.24, 2.45) is 5.92 Å². The summed E-state index contributed by atoms with van der Waals surface area (Å²) in [5.41, 5.74) is 0.669. The van der Waals surface area contributed by atoms with Gasteiger partial charge in [-0.25, -0.2) is 4.79 Å². The van der Waals surface area contributed by atoms with Crippen LogP contribution in [0.15, 0.2) is 18.2 Å². The van der Waals surface area contributed by atoms with Gasteiger partial charge in [-0.1, -0.05) is 26.0 Å². The Morgan fingerprint density at radius 1 is 1.26 bits per heavy atom. The Hall–Kier alpha value is -2.73. The fourth-order valence-corrected chi connectivity index (χ4v) is 4.42. The lowest BCUT2D eigenvalue weighted by atomic mass is 9.90. The highest BCUT2D eigenvalue weighted by atomic mass is 16.7. The summed E-state index contributed by atoms with van der Waals surface area (Å²) >= 11 is 0. The van der Waals surface area contributed by atoms with Crippen LogP contribution < -0.4 is 10.6 Å². The van der Waals surface area contributed by atoms with Gasteiger partial charge in [0.2, 0.25) is 5.79 Å². The number of aliphatic hydroxyl groups is 3. The number of fused-ring (bicyclic) bond motifs is 1. The van der Waals surface area contributed by atoms with Crippen LogP contribution in [0.1, 0.15) is 56.5 Å². The molecule has 11 nitrogen and oxygen atoms in total. The normalized spacial score (nSPS) is 29.3. The number of hydrogen-bond donors (Lipinski definition) is 6. The number of carbonyl (C=O) groups is 3. The molecule has 1 fully saturated rings. The Balaban J connectivity index is 1.73. The standard InChI is InChI=1S/C24H34N2O9/c1-11(2)8-14(17-9-13-6-5-7-16(27)19(13)23(32)34-17)26-22(31)21(30)20(29)15-10-18(28)35-24(4,33)12(3)25-15/h5-7,11-12,14-15,17,20-21,25,27,29-30,33H,8-10H2,1-4H3,(H,26,31)/t12-,14-,15?,17-,20-,21-,24?/m0/s1. The molecule has 1 amide bonds. The summed E-state index contributed by atoms with van der Waals surface area (Å²) in [7, 11) is 0. The fourth-order valence-electron chi connectivity index (χ4n) is 4.42. The summed E-state index contributed by atoms with van der Waals surface area (Å²) < 4.78 is 10.5. The van der Waals surface area contributed by atoms with Gasteiger partial charge in [0.15, 0.2) is 6.10 Å². The first kappa shape index (κ1) is 26.9.